The molecule has 264 valence electrons. The number of hydrogen-bond acceptors (Lipinski definition) is 6. The lowest BCUT2D eigenvalue weighted by atomic mass is 9.68. The van der Waals surface area contributed by atoms with Gasteiger partial charge in [0.1, 0.15) is 21.8 Å². The number of nitrogens with one attached hydrogen (secondary N) is 2. The molecule has 3 amide bonds. The van der Waals surface area contributed by atoms with Gasteiger partial charge in [-0.2, -0.15) is 0 Å². The Balaban J connectivity index is 1.27. The number of anilines is 1. The third kappa shape index (κ3) is 7.21. The Bertz CT molecular complexity index is 1760. The summed E-state index contributed by atoms with van der Waals surface area (Å²) in [6, 6.07) is 10.4. The van der Waals surface area contributed by atoms with Crippen molar-refractivity contribution in [3.63, 3.8) is 0 Å². The molecule has 0 aromatic heterocycles. The summed E-state index contributed by atoms with van der Waals surface area (Å²) in [5.74, 6) is 0.534. The molecule has 2 saturated carbocycles. The van der Waals surface area contributed by atoms with Crippen molar-refractivity contribution >= 4 is 39.1 Å². The molecule has 2 fully saturated rings. The van der Waals surface area contributed by atoms with E-state index in [0.717, 1.165) is 49.4 Å². The Kier molecular flexibility index (Phi) is 9.71. The van der Waals surface area contributed by atoms with Crippen molar-refractivity contribution in [3.05, 3.63) is 70.3 Å². The average Bonchev–Trinajstić information content (AvgIpc) is 3.17. The molecule has 3 aliphatic carbocycles. The Hall–Kier alpha value is -3.15. The van der Waals surface area contributed by atoms with E-state index in [-0.39, 0.29) is 47.6 Å². The Labute approximate surface area is 293 Å². The van der Waals surface area contributed by atoms with Gasteiger partial charge in [-0.3, -0.25) is 9.52 Å². The number of hydrogen-bond donors (Lipinski definition) is 2. The number of alkyl halides is 1. The van der Waals surface area contributed by atoms with Crippen LogP contribution in [0.15, 0.2) is 52.9 Å². The van der Waals surface area contributed by atoms with Crippen LogP contribution in [0.2, 0.25) is 5.02 Å². The van der Waals surface area contributed by atoms with Gasteiger partial charge in [0.05, 0.1) is 24.2 Å². The molecule has 49 heavy (non-hydrogen) atoms. The number of halogens is 2. The van der Waals surface area contributed by atoms with Gasteiger partial charge in [0.15, 0.2) is 0 Å². The van der Waals surface area contributed by atoms with Crippen LogP contribution in [0.3, 0.4) is 0 Å². The van der Waals surface area contributed by atoms with E-state index in [1.165, 1.54) is 11.1 Å². The maximum absolute atomic E-state index is 14.3. The Morgan fingerprint density at radius 3 is 2.80 bits per heavy atom. The van der Waals surface area contributed by atoms with E-state index in [1.54, 1.807) is 19.2 Å². The van der Waals surface area contributed by atoms with E-state index >= 15 is 0 Å². The molecule has 2 heterocycles. The number of amides is 3. The first-order valence-electron chi connectivity index (χ1n) is 17.5. The molecule has 0 unspecified atom stereocenters. The first-order valence-corrected chi connectivity index (χ1v) is 19.6. The van der Waals surface area contributed by atoms with Crippen molar-refractivity contribution in [1.82, 2.24) is 10.0 Å². The summed E-state index contributed by atoms with van der Waals surface area (Å²) in [4.78, 5) is 29.1. The van der Waals surface area contributed by atoms with Crippen LogP contribution in [-0.2, 0) is 26.5 Å². The fourth-order valence-electron chi connectivity index (χ4n) is 8.39. The maximum atomic E-state index is 14.3. The number of rotatable bonds is 3. The molecule has 5 aliphatic rings. The van der Waals surface area contributed by atoms with Gasteiger partial charge in [0.25, 0.3) is 5.91 Å². The number of nitrogens with zero attached hydrogens (tertiary/aromatic N) is 2. The van der Waals surface area contributed by atoms with Crippen molar-refractivity contribution in [3.8, 4) is 5.75 Å². The van der Waals surface area contributed by atoms with Crippen LogP contribution in [0.25, 0.3) is 0 Å². The lowest BCUT2D eigenvalue weighted by Crippen LogP contribution is -2.51. The van der Waals surface area contributed by atoms with E-state index in [2.05, 4.69) is 43.6 Å². The average molecular weight is 713 g/mol. The van der Waals surface area contributed by atoms with E-state index in [1.807, 2.05) is 19.1 Å². The summed E-state index contributed by atoms with van der Waals surface area (Å²) in [6.45, 7) is 3.89. The van der Waals surface area contributed by atoms with E-state index < -0.39 is 28.0 Å². The van der Waals surface area contributed by atoms with Crippen molar-refractivity contribution in [1.29, 1.82) is 0 Å². The number of benzene rings is 2. The zero-order valence-electron chi connectivity index (χ0n) is 28.2. The summed E-state index contributed by atoms with van der Waals surface area (Å²) >= 11 is 6.44. The second-order valence-electron chi connectivity index (χ2n) is 14.8. The van der Waals surface area contributed by atoms with Gasteiger partial charge in [-0.25, -0.2) is 13.4 Å². The molecule has 0 radical (unpaired) electrons. The molecule has 2 bridgehead atoms. The van der Waals surface area contributed by atoms with Crippen molar-refractivity contribution in [2.24, 2.45) is 22.1 Å². The lowest BCUT2D eigenvalue weighted by molar-refractivity contribution is 0.0131. The highest BCUT2D eigenvalue weighted by atomic mass is 35.5. The van der Waals surface area contributed by atoms with Gasteiger partial charge in [0.2, 0.25) is 0 Å². The molecule has 2 aromatic rings. The fraction of sp³-hybridized carbons (Fsp3) is 0.568. The molecule has 2 N–H and O–H groups in total. The SMILES string of the molecule is CO[C@H]1/C=C/C[C@H](C)C[S@@](=O)(NC(=O)N[C@H]2C[C@H](F)C2)=NC(=O)c2ccc3c(c2)N(C[C@@H]2CC[C@H]21)C[C@@]1(CCCc2cc(Cl)ccc21)CO3. The van der Waals surface area contributed by atoms with Gasteiger partial charge in [0, 0.05) is 42.2 Å². The van der Waals surface area contributed by atoms with E-state index in [9.17, 15) is 18.2 Å². The molecular weight excluding hydrogens is 667 g/mol. The molecule has 1 spiro atoms. The maximum Gasteiger partial charge on any atom is 0.327 e. The minimum atomic E-state index is -3.54. The van der Waals surface area contributed by atoms with Gasteiger partial charge in [-0.1, -0.05) is 36.7 Å². The van der Waals surface area contributed by atoms with Crippen LogP contribution in [-0.4, -0.2) is 67.0 Å². The molecule has 6 atom stereocenters. The standard InChI is InChI=1S/C37H46ClFN4O5S/c1-23-5-3-7-33(47-2)30-11-8-26(30)19-43-21-37(14-4-6-24-15-27(38)10-12-31(24)37)22-48-34-13-9-25(16-32(34)43)35(44)41-49(46,20-23)42-36(45)40-29-17-28(39)18-29/h3,7,9-10,12-13,15-16,23,26,28-30,33H,4-6,8,11,14,17-22H2,1-2H3,(H2,40,41,42,44,45,46)/b7-3+/t23-,26-,28-,29-,30+,33-,37-,49-/m0/s1. The number of aryl methyl sites for hydroxylation is 1. The van der Waals surface area contributed by atoms with Crippen LogP contribution in [0.1, 0.15) is 73.4 Å². The van der Waals surface area contributed by atoms with Crippen LogP contribution in [0.5, 0.6) is 5.75 Å². The largest absolute Gasteiger partial charge is 0.490 e. The minimum absolute atomic E-state index is 0.0251. The zero-order valence-corrected chi connectivity index (χ0v) is 29.7. The second-order valence-corrected chi connectivity index (χ2v) is 17.2. The molecule has 2 aromatic carbocycles. The minimum Gasteiger partial charge on any atom is -0.490 e. The summed E-state index contributed by atoms with van der Waals surface area (Å²) in [5.41, 5.74) is 3.33. The number of methoxy groups -OCH3 is 1. The Morgan fingerprint density at radius 2 is 2.04 bits per heavy atom. The topological polar surface area (TPSA) is 109 Å². The molecule has 2 aliphatic heterocycles. The van der Waals surface area contributed by atoms with E-state index in [4.69, 9.17) is 21.1 Å². The summed E-state index contributed by atoms with van der Waals surface area (Å²) in [7, 11) is -1.79. The van der Waals surface area contributed by atoms with Gasteiger partial charge >= 0.3 is 6.03 Å². The second kappa shape index (κ2) is 13.9. The highest BCUT2D eigenvalue weighted by Crippen LogP contribution is 2.47. The zero-order chi connectivity index (χ0) is 34.3. The van der Waals surface area contributed by atoms with Crippen LogP contribution >= 0.6 is 11.6 Å². The molecule has 9 nitrogen and oxygen atoms in total. The summed E-state index contributed by atoms with van der Waals surface area (Å²) < 4.78 is 47.0. The first kappa shape index (κ1) is 34.3. The van der Waals surface area contributed by atoms with Gasteiger partial charge < -0.3 is 19.7 Å². The monoisotopic (exact) mass is 712 g/mol. The smallest absolute Gasteiger partial charge is 0.327 e. The Morgan fingerprint density at radius 1 is 1.20 bits per heavy atom. The molecule has 12 heteroatoms. The van der Waals surface area contributed by atoms with Crippen molar-refractivity contribution < 1.29 is 27.7 Å². The van der Waals surface area contributed by atoms with Crippen LogP contribution in [0.4, 0.5) is 14.9 Å². The number of carbonyl (C=O) groups excluding carboxylic acids is 2. The summed E-state index contributed by atoms with van der Waals surface area (Å²) in [6.07, 6.45) is 9.22. The van der Waals surface area contributed by atoms with Gasteiger partial charge in [-0.15, -0.1) is 4.36 Å². The number of fused-ring (bicyclic) bond motifs is 4. The predicted molar refractivity (Wildman–Crippen MR) is 190 cm³/mol. The lowest BCUT2D eigenvalue weighted by Gasteiger charge is -2.46. The van der Waals surface area contributed by atoms with Crippen molar-refractivity contribution in [2.75, 3.05) is 37.5 Å². The van der Waals surface area contributed by atoms with Gasteiger partial charge in [-0.05, 0) is 111 Å². The molecular formula is C37H46ClFN4O5S. The van der Waals surface area contributed by atoms with Crippen LogP contribution < -0.4 is 19.7 Å². The van der Waals surface area contributed by atoms with Crippen LogP contribution in [0, 0.1) is 17.8 Å². The molecule has 0 saturated heterocycles. The predicted octanol–water partition coefficient (Wildman–Crippen LogP) is 6.77. The highest BCUT2D eigenvalue weighted by molar-refractivity contribution is 7.92. The third-order valence-corrected chi connectivity index (χ3v) is 13.4. The first-order chi connectivity index (χ1) is 23.5. The van der Waals surface area contributed by atoms with Crippen molar-refractivity contribution in [2.45, 2.75) is 82.0 Å². The number of allylic oxidation sites excluding steroid dienone is 1. The number of ether oxygens (including phenoxy) is 2. The summed E-state index contributed by atoms with van der Waals surface area (Å²) in [5, 5.41) is 3.41. The third-order valence-electron chi connectivity index (χ3n) is 11.2. The fourth-order valence-corrected chi connectivity index (χ4v) is 10.4. The highest BCUT2D eigenvalue weighted by Gasteiger charge is 2.44. The van der Waals surface area contributed by atoms with E-state index in [0.29, 0.717) is 37.2 Å². The normalized spacial score (nSPS) is 34.9. The number of carbonyl (C=O) groups is 2. The molecule has 7 rings (SSSR count). The quantitative estimate of drug-likeness (QED) is 0.340. The number of urea groups is 1.